The largest absolute Gasteiger partial charge is 0.358 e. The summed E-state index contributed by atoms with van der Waals surface area (Å²) in [6.07, 6.45) is 6.47. The topological polar surface area (TPSA) is 62.0 Å². The minimum Gasteiger partial charge on any atom is -0.358 e. The third-order valence-electron chi connectivity index (χ3n) is 3.97. The van der Waals surface area contributed by atoms with Crippen LogP contribution in [0, 0.1) is 0 Å². The maximum Gasteiger partial charge on any atom is 0.256 e. The van der Waals surface area contributed by atoms with E-state index in [1.165, 1.54) is 19.3 Å². The Bertz CT molecular complexity index is 704. The summed E-state index contributed by atoms with van der Waals surface area (Å²) in [6, 6.07) is 7.34. The molecular formula is C18H24N2O2. The van der Waals surface area contributed by atoms with Crippen molar-refractivity contribution in [3.8, 4) is 0 Å². The van der Waals surface area contributed by atoms with Crippen molar-refractivity contribution in [3.05, 3.63) is 45.7 Å². The normalized spacial score (nSPS) is 10.8. The molecule has 1 heterocycles. The monoisotopic (exact) mass is 300 g/mol. The van der Waals surface area contributed by atoms with Crippen molar-refractivity contribution in [1.82, 2.24) is 10.3 Å². The van der Waals surface area contributed by atoms with Crippen LogP contribution in [0.4, 0.5) is 0 Å². The maximum atomic E-state index is 12.6. The van der Waals surface area contributed by atoms with E-state index in [4.69, 9.17) is 0 Å². The van der Waals surface area contributed by atoms with Gasteiger partial charge in [-0.1, -0.05) is 44.7 Å². The second-order valence-corrected chi connectivity index (χ2v) is 5.60. The first-order valence-electron chi connectivity index (χ1n) is 8.05. The average Bonchev–Trinajstić information content (AvgIpc) is 2.54. The molecule has 118 valence electrons. The molecule has 1 aromatic carbocycles. The maximum absolute atomic E-state index is 12.6. The van der Waals surface area contributed by atoms with Crippen LogP contribution in [0.5, 0.6) is 0 Å². The van der Waals surface area contributed by atoms with E-state index < -0.39 is 0 Å². The van der Waals surface area contributed by atoms with Crippen LogP contribution in [0.25, 0.3) is 10.9 Å². The number of para-hydroxylation sites is 1. The average molecular weight is 300 g/mol. The third-order valence-corrected chi connectivity index (χ3v) is 3.97. The van der Waals surface area contributed by atoms with Crippen molar-refractivity contribution in [1.29, 1.82) is 0 Å². The van der Waals surface area contributed by atoms with E-state index in [0.29, 0.717) is 5.39 Å². The predicted molar refractivity (Wildman–Crippen MR) is 90.4 cm³/mol. The number of carbonyl (C=O) groups is 1. The van der Waals surface area contributed by atoms with E-state index in [1.54, 1.807) is 13.1 Å². The summed E-state index contributed by atoms with van der Waals surface area (Å²) in [4.78, 5) is 28.0. The molecule has 2 aromatic rings. The number of hydrogen-bond donors (Lipinski definition) is 2. The zero-order chi connectivity index (χ0) is 15.9. The number of aryl methyl sites for hydroxylation is 1. The minimum absolute atomic E-state index is 0.183. The predicted octanol–water partition coefficient (Wildman–Crippen LogP) is 3.40. The summed E-state index contributed by atoms with van der Waals surface area (Å²) in [5.41, 5.74) is 1.62. The highest BCUT2D eigenvalue weighted by Crippen LogP contribution is 2.14. The van der Waals surface area contributed by atoms with Gasteiger partial charge in [-0.15, -0.1) is 0 Å². The van der Waals surface area contributed by atoms with Gasteiger partial charge in [-0.3, -0.25) is 9.59 Å². The second kappa shape index (κ2) is 7.78. The number of pyridine rings is 1. The summed E-state index contributed by atoms with van der Waals surface area (Å²) in [7, 11) is 1.56. The number of fused-ring (bicyclic) bond motifs is 1. The van der Waals surface area contributed by atoms with Crippen molar-refractivity contribution in [2.45, 2.75) is 45.4 Å². The molecule has 0 saturated carbocycles. The molecule has 22 heavy (non-hydrogen) atoms. The van der Waals surface area contributed by atoms with Crippen LogP contribution >= 0.6 is 0 Å². The summed E-state index contributed by atoms with van der Waals surface area (Å²) in [5, 5.41) is 3.14. The zero-order valence-electron chi connectivity index (χ0n) is 13.4. The number of amides is 1. The third kappa shape index (κ3) is 3.56. The molecule has 0 atom stereocenters. The molecule has 0 aliphatic rings. The number of rotatable bonds is 7. The number of benzene rings is 1. The molecule has 0 aliphatic carbocycles. The lowest BCUT2D eigenvalue weighted by Crippen LogP contribution is -2.28. The lowest BCUT2D eigenvalue weighted by atomic mass is 10.0. The molecule has 2 rings (SSSR count). The first-order chi connectivity index (χ1) is 10.7. The molecule has 0 bridgehead atoms. The summed E-state index contributed by atoms with van der Waals surface area (Å²) < 4.78 is 0. The fourth-order valence-corrected chi connectivity index (χ4v) is 2.74. The highest BCUT2D eigenvalue weighted by Gasteiger charge is 2.17. The highest BCUT2D eigenvalue weighted by molar-refractivity contribution is 5.98. The van der Waals surface area contributed by atoms with Gasteiger partial charge < -0.3 is 10.3 Å². The minimum atomic E-state index is -0.310. The summed E-state index contributed by atoms with van der Waals surface area (Å²) >= 11 is 0. The Balaban J connectivity index is 2.34. The van der Waals surface area contributed by atoms with Crippen molar-refractivity contribution in [2.24, 2.45) is 0 Å². The summed E-state index contributed by atoms with van der Waals surface area (Å²) in [5.74, 6) is -0.310. The Morgan fingerprint density at radius 3 is 2.59 bits per heavy atom. The molecule has 0 radical (unpaired) electrons. The van der Waals surface area contributed by atoms with Crippen LogP contribution in [0.2, 0.25) is 0 Å². The van der Waals surface area contributed by atoms with Gasteiger partial charge in [0.05, 0.1) is 0 Å². The molecule has 4 heteroatoms. The van der Waals surface area contributed by atoms with Crippen LogP contribution in [-0.2, 0) is 6.42 Å². The lowest BCUT2D eigenvalue weighted by Gasteiger charge is -2.10. The first-order valence-corrected chi connectivity index (χ1v) is 8.05. The van der Waals surface area contributed by atoms with Gasteiger partial charge in [0.1, 0.15) is 5.56 Å². The van der Waals surface area contributed by atoms with E-state index in [2.05, 4.69) is 17.2 Å². The number of H-pyrrole nitrogens is 1. The Kier molecular flexibility index (Phi) is 5.75. The molecule has 1 aromatic heterocycles. The molecule has 0 unspecified atom stereocenters. The van der Waals surface area contributed by atoms with Gasteiger partial charge in [0, 0.05) is 23.6 Å². The molecule has 1 amide bonds. The molecule has 4 nitrogen and oxygen atoms in total. The molecule has 0 aliphatic heterocycles. The van der Waals surface area contributed by atoms with E-state index in [0.717, 1.165) is 30.5 Å². The Morgan fingerprint density at radius 2 is 1.86 bits per heavy atom. The van der Waals surface area contributed by atoms with E-state index >= 15 is 0 Å². The smallest absolute Gasteiger partial charge is 0.256 e. The van der Waals surface area contributed by atoms with Gasteiger partial charge in [-0.05, 0) is 25.0 Å². The number of hydrogen-bond acceptors (Lipinski definition) is 2. The molecule has 0 fully saturated rings. The standard InChI is InChI=1S/C18H24N2O2/c1-3-4-5-6-7-12-15-16(18(22)19-2)17(21)13-10-8-9-11-14(13)20-15/h8-11H,3-7,12H2,1-2H3,(H,19,22)(H,20,21). The number of carbonyl (C=O) groups excluding carboxylic acids is 1. The Hall–Kier alpha value is -2.10. The van der Waals surface area contributed by atoms with Crippen molar-refractivity contribution in [3.63, 3.8) is 0 Å². The Labute approximate surface area is 130 Å². The zero-order valence-corrected chi connectivity index (χ0v) is 13.4. The van der Waals surface area contributed by atoms with E-state index in [9.17, 15) is 9.59 Å². The quantitative estimate of drug-likeness (QED) is 0.770. The van der Waals surface area contributed by atoms with Gasteiger partial charge in [0.2, 0.25) is 5.43 Å². The number of aromatic nitrogens is 1. The van der Waals surface area contributed by atoms with Gasteiger partial charge in [0.15, 0.2) is 0 Å². The van der Waals surface area contributed by atoms with Crippen LogP contribution in [0.15, 0.2) is 29.1 Å². The first kappa shape index (κ1) is 16.3. The summed E-state index contributed by atoms with van der Waals surface area (Å²) in [6.45, 7) is 2.19. The second-order valence-electron chi connectivity index (χ2n) is 5.60. The van der Waals surface area contributed by atoms with E-state index in [-0.39, 0.29) is 16.9 Å². The van der Waals surface area contributed by atoms with Crippen molar-refractivity contribution >= 4 is 16.8 Å². The lowest BCUT2D eigenvalue weighted by molar-refractivity contribution is 0.0961. The van der Waals surface area contributed by atoms with Gasteiger partial charge in [-0.25, -0.2) is 0 Å². The highest BCUT2D eigenvalue weighted by atomic mass is 16.2. The van der Waals surface area contributed by atoms with Crippen molar-refractivity contribution < 1.29 is 4.79 Å². The molecule has 0 saturated heterocycles. The van der Waals surface area contributed by atoms with Gasteiger partial charge in [-0.2, -0.15) is 0 Å². The number of nitrogens with one attached hydrogen (secondary N) is 2. The van der Waals surface area contributed by atoms with Gasteiger partial charge >= 0.3 is 0 Å². The van der Waals surface area contributed by atoms with Crippen LogP contribution < -0.4 is 10.7 Å². The number of aromatic amines is 1. The van der Waals surface area contributed by atoms with Crippen LogP contribution in [-0.4, -0.2) is 17.9 Å². The molecular weight excluding hydrogens is 276 g/mol. The van der Waals surface area contributed by atoms with Crippen molar-refractivity contribution in [2.75, 3.05) is 7.05 Å². The van der Waals surface area contributed by atoms with Gasteiger partial charge in [0.25, 0.3) is 5.91 Å². The number of unbranched alkanes of at least 4 members (excludes halogenated alkanes) is 4. The fourth-order valence-electron chi connectivity index (χ4n) is 2.74. The Morgan fingerprint density at radius 1 is 1.14 bits per heavy atom. The molecule has 2 N–H and O–H groups in total. The SMILES string of the molecule is CCCCCCCc1[nH]c2ccccc2c(=O)c1C(=O)NC. The fraction of sp³-hybridized carbons (Fsp3) is 0.444. The molecule has 0 spiro atoms. The van der Waals surface area contributed by atoms with Crippen LogP contribution in [0.1, 0.15) is 55.1 Å². The van der Waals surface area contributed by atoms with E-state index in [1.807, 2.05) is 18.2 Å². The van der Waals surface area contributed by atoms with Crippen LogP contribution in [0.3, 0.4) is 0 Å².